The average Bonchev–Trinajstić information content (AvgIpc) is 3.20. The second-order valence-electron chi connectivity index (χ2n) is 8.23. The quantitative estimate of drug-likeness (QED) is 0.336. The highest BCUT2D eigenvalue weighted by Crippen LogP contribution is 2.25. The summed E-state index contributed by atoms with van der Waals surface area (Å²) >= 11 is 0. The summed E-state index contributed by atoms with van der Waals surface area (Å²) in [5.74, 6) is 0.556. The number of esters is 1. The number of nitrogens with zero attached hydrogens (tertiary/aromatic N) is 3. The largest absolute Gasteiger partial charge is 0.402 e. The first-order chi connectivity index (χ1) is 15.8. The summed E-state index contributed by atoms with van der Waals surface area (Å²) in [6, 6.07) is 24.2. The first kappa shape index (κ1) is 20.2. The number of benzene rings is 3. The first-order valence-corrected chi connectivity index (χ1v) is 11.1. The molecule has 0 radical (unpaired) electrons. The fourth-order valence-electron chi connectivity index (χ4n) is 4.21. The summed E-state index contributed by atoms with van der Waals surface area (Å²) < 4.78 is 5.52. The highest BCUT2D eigenvalue weighted by molar-refractivity contribution is 6.16. The van der Waals surface area contributed by atoms with Gasteiger partial charge in [-0.05, 0) is 41.2 Å². The fourth-order valence-corrected chi connectivity index (χ4v) is 4.21. The van der Waals surface area contributed by atoms with Gasteiger partial charge in [-0.25, -0.2) is 9.79 Å². The predicted octanol–water partition coefficient (Wildman–Crippen LogP) is 4.82. The van der Waals surface area contributed by atoms with Gasteiger partial charge >= 0.3 is 5.97 Å². The molecule has 3 aromatic carbocycles. The van der Waals surface area contributed by atoms with Crippen LogP contribution in [0.5, 0.6) is 0 Å². The minimum Gasteiger partial charge on any atom is -0.402 e. The van der Waals surface area contributed by atoms with Crippen LogP contribution >= 0.6 is 0 Å². The molecule has 0 aromatic heterocycles. The molecule has 2 heterocycles. The molecule has 0 aliphatic carbocycles. The van der Waals surface area contributed by atoms with E-state index in [1.807, 2.05) is 73.1 Å². The number of carbonyl (C=O) groups is 1. The fraction of sp³-hybridized carbons (Fsp3) is 0.222. The van der Waals surface area contributed by atoms with Crippen LogP contribution in [0.4, 0.5) is 0 Å². The van der Waals surface area contributed by atoms with Gasteiger partial charge in [0.25, 0.3) is 0 Å². The number of piperidine rings is 1. The zero-order valence-corrected chi connectivity index (χ0v) is 17.9. The van der Waals surface area contributed by atoms with Crippen molar-refractivity contribution in [3.8, 4) is 0 Å². The molecule has 160 valence electrons. The van der Waals surface area contributed by atoms with E-state index in [1.165, 1.54) is 0 Å². The maximum Gasteiger partial charge on any atom is 0.365 e. The summed E-state index contributed by atoms with van der Waals surface area (Å²) in [4.78, 5) is 23.8. The Morgan fingerprint density at radius 1 is 0.969 bits per heavy atom. The van der Waals surface area contributed by atoms with E-state index >= 15 is 0 Å². The molecule has 5 heteroatoms. The Morgan fingerprint density at radius 2 is 1.72 bits per heavy atom. The lowest BCUT2D eigenvalue weighted by molar-refractivity contribution is -0.130. The van der Waals surface area contributed by atoms with Crippen LogP contribution in [0.15, 0.2) is 94.7 Å². The summed E-state index contributed by atoms with van der Waals surface area (Å²) in [6.45, 7) is 2.62. The molecule has 2 aliphatic heterocycles. The van der Waals surface area contributed by atoms with E-state index in [9.17, 15) is 4.79 Å². The summed E-state index contributed by atoms with van der Waals surface area (Å²) in [5, 5.41) is 2.12. The van der Waals surface area contributed by atoms with Gasteiger partial charge in [0.15, 0.2) is 5.70 Å². The van der Waals surface area contributed by atoms with E-state index in [4.69, 9.17) is 4.74 Å². The standard InChI is InChI=1S/C27H25N3O2/c31-27-25(29-26(32-27)24-12-6-10-22-9-4-5-11-23(22)24)19-30-15-13-21(14-16-30)18-28-17-20-7-2-1-3-8-20/h1-12,17,19,21H,13-16,18H2. The lowest BCUT2D eigenvalue weighted by Crippen LogP contribution is -2.31. The van der Waals surface area contributed by atoms with Crippen LogP contribution in [-0.2, 0) is 9.53 Å². The number of fused-ring (bicyclic) bond motifs is 1. The molecule has 0 atom stereocenters. The van der Waals surface area contributed by atoms with Gasteiger partial charge in [-0.2, -0.15) is 0 Å². The topological polar surface area (TPSA) is 54.3 Å². The minimum atomic E-state index is -0.387. The molecule has 1 fully saturated rings. The van der Waals surface area contributed by atoms with Gasteiger partial charge in [0.05, 0.1) is 0 Å². The van der Waals surface area contributed by atoms with Gasteiger partial charge in [-0.1, -0.05) is 66.7 Å². The smallest absolute Gasteiger partial charge is 0.365 e. The van der Waals surface area contributed by atoms with Crippen LogP contribution in [0.2, 0.25) is 0 Å². The van der Waals surface area contributed by atoms with E-state index < -0.39 is 0 Å². The highest BCUT2D eigenvalue weighted by atomic mass is 16.6. The van der Waals surface area contributed by atoms with Gasteiger partial charge in [0, 0.05) is 37.6 Å². The number of carbonyl (C=O) groups excluding carboxylic acids is 1. The predicted molar refractivity (Wildman–Crippen MR) is 128 cm³/mol. The second kappa shape index (κ2) is 9.18. The molecule has 3 aromatic rings. The Hall–Kier alpha value is -3.73. The summed E-state index contributed by atoms with van der Waals surface area (Å²) in [5.41, 5.74) is 2.34. The third-order valence-electron chi connectivity index (χ3n) is 6.00. The molecule has 0 saturated carbocycles. The van der Waals surface area contributed by atoms with Crippen molar-refractivity contribution < 1.29 is 9.53 Å². The van der Waals surface area contributed by atoms with Gasteiger partial charge in [-0.15, -0.1) is 0 Å². The molecular formula is C27H25N3O2. The minimum absolute atomic E-state index is 0.369. The second-order valence-corrected chi connectivity index (χ2v) is 8.23. The Balaban J connectivity index is 1.22. The molecule has 0 N–H and O–H groups in total. The number of hydrogen-bond acceptors (Lipinski definition) is 5. The van der Waals surface area contributed by atoms with Crippen LogP contribution < -0.4 is 0 Å². The van der Waals surface area contributed by atoms with E-state index in [2.05, 4.69) is 27.0 Å². The third-order valence-corrected chi connectivity index (χ3v) is 6.00. The average molecular weight is 424 g/mol. The Morgan fingerprint density at radius 3 is 2.56 bits per heavy atom. The molecule has 5 nitrogen and oxygen atoms in total. The van der Waals surface area contributed by atoms with Crippen molar-refractivity contribution >= 4 is 28.9 Å². The van der Waals surface area contributed by atoms with Crippen LogP contribution in [0, 0.1) is 5.92 Å². The van der Waals surface area contributed by atoms with Crippen molar-refractivity contribution in [2.45, 2.75) is 12.8 Å². The maximum absolute atomic E-state index is 12.5. The molecule has 1 saturated heterocycles. The number of likely N-dealkylation sites (tertiary alicyclic amines) is 1. The van der Waals surface area contributed by atoms with Crippen molar-refractivity contribution in [2.24, 2.45) is 15.9 Å². The molecule has 5 rings (SSSR count). The number of cyclic esters (lactones) is 1. The van der Waals surface area contributed by atoms with Crippen molar-refractivity contribution in [3.63, 3.8) is 0 Å². The Bertz CT molecular complexity index is 1200. The number of aliphatic imine (C=N–C) groups is 2. The molecule has 2 aliphatic rings. The van der Waals surface area contributed by atoms with Crippen LogP contribution in [-0.4, -0.2) is 42.6 Å². The molecule has 32 heavy (non-hydrogen) atoms. The monoisotopic (exact) mass is 423 g/mol. The lowest BCUT2D eigenvalue weighted by Gasteiger charge is -2.30. The summed E-state index contributed by atoms with van der Waals surface area (Å²) in [7, 11) is 0. The van der Waals surface area contributed by atoms with E-state index in [-0.39, 0.29) is 5.97 Å². The maximum atomic E-state index is 12.5. The van der Waals surface area contributed by atoms with Crippen molar-refractivity contribution in [3.05, 3.63) is 95.8 Å². The van der Waals surface area contributed by atoms with E-state index in [0.717, 1.165) is 54.4 Å². The summed E-state index contributed by atoms with van der Waals surface area (Å²) in [6.07, 6.45) is 5.89. The van der Waals surface area contributed by atoms with Crippen molar-refractivity contribution in [1.29, 1.82) is 0 Å². The first-order valence-electron chi connectivity index (χ1n) is 11.1. The zero-order valence-electron chi connectivity index (χ0n) is 17.9. The van der Waals surface area contributed by atoms with Gasteiger partial charge in [0.1, 0.15) is 0 Å². The Labute approximate surface area is 187 Å². The SMILES string of the molecule is O=C1OC(c2cccc3ccccc23)=NC1=CN1CCC(CN=Cc2ccccc2)CC1. The van der Waals surface area contributed by atoms with Crippen LogP contribution in [0.25, 0.3) is 10.8 Å². The normalized spacial score (nSPS) is 18.5. The van der Waals surface area contributed by atoms with Crippen molar-refractivity contribution in [2.75, 3.05) is 19.6 Å². The molecule has 0 bridgehead atoms. The number of rotatable bonds is 5. The van der Waals surface area contributed by atoms with Gasteiger partial charge in [0.2, 0.25) is 5.90 Å². The van der Waals surface area contributed by atoms with Crippen LogP contribution in [0.1, 0.15) is 24.0 Å². The lowest BCUT2D eigenvalue weighted by atomic mass is 9.97. The Kier molecular flexibility index (Phi) is 5.79. The number of hydrogen-bond donors (Lipinski definition) is 0. The molecular weight excluding hydrogens is 398 g/mol. The van der Waals surface area contributed by atoms with Gasteiger partial charge < -0.3 is 9.64 Å². The van der Waals surface area contributed by atoms with Gasteiger partial charge in [-0.3, -0.25) is 4.99 Å². The molecule has 0 unspecified atom stereocenters. The van der Waals surface area contributed by atoms with Crippen LogP contribution in [0.3, 0.4) is 0 Å². The zero-order chi connectivity index (χ0) is 21.8. The van der Waals surface area contributed by atoms with Crippen molar-refractivity contribution in [1.82, 2.24) is 4.90 Å². The molecule has 0 spiro atoms. The molecule has 0 amide bonds. The third kappa shape index (κ3) is 4.47. The number of ether oxygens (including phenoxy) is 1. The van der Waals surface area contributed by atoms with E-state index in [0.29, 0.717) is 17.5 Å². The highest BCUT2D eigenvalue weighted by Gasteiger charge is 2.27. The van der Waals surface area contributed by atoms with E-state index in [1.54, 1.807) is 0 Å².